The van der Waals surface area contributed by atoms with Crippen LogP contribution in [0, 0.1) is 0 Å². The highest BCUT2D eigenvalue weighted by Crippen LogP contribution is 2.22. The molecule has 2 atom stereocenters. The van der Waals surface area contributed by atoms with Crippen molar-refractivity contribution in [3.63, 3.8) is 0 Å². The summed E-state index contributed by atoms with van der Waals surface area (Å²) in [5.41, 5.74) is 0. The van der Waals surface area contributed by atoms with Gasteiger partial charge < -0.3 is 5.32 Å². The first kappa shape index (κ1) is 11.4. The van der Waals surface area contributed by atoms with Crippen molar-refractivity contribution in [3.8, 4) is 0 Å². The van der Waals surface area contributed by atoms with Gasteiger partial charge in [-0.2, -0.15) is 0 Å². The van der Waals surface area contributed by atoms with Gasteiger partial charge >= 0.3 is 0 Å². The molecule has 0 spiro atoms. The number of hydrogen-bond acceptors (Lipinski definition) is 2. The molecule has 88 valence electrons. The fraction of sp³-hybridized carbons (Fsp3) is 1.00. The minimum Gasteiger partial charge on any atom is -0.313 e. The maximum absolute atomic E-state index is 3.62. The Labute approximate surface area is 94.4 Å². The summed E-state index contributed by atoms with van der Waals surface area (Å²) in [7, 11) is 0. The molecule has 1 N–H and O–H groups in total. The van der Waals surface area contributed by atoms with Crippen molar-refractivity contribution in [2.24, 2.45) is 0 Å². The van der Waals surface area contributed by atoms with E-state index < -0.39 is 0 Å². The Kier molecular flexibility index (Phi) is 4.45. The average molecular weight is 210 g/mol. The quantitative estimate of drug-likeness (QED) is 0.766. The van der Waals surface area contributed by atoms with Crippen molar-refractivity contribution in [1.82, 2.24) is 10.2 Å². The van der Waals surface area contributed by atoms with Crippen LogP contribution in [0.4, 0.5) is 0 Å². The third kappa shape index (κ3) is 3.18. The van der Waals surface area contributed by atoms with Gasteiger partial charge in [-0.15, -0.1) is 0 Å². The number of rotatable bonds is 4. The lowest BCUT2D eigenvalue weighted by molar-refractivity contribution is 0.128. The van der Waals surface area contributed by atoms with Crippen LogP contribution in [0.3, 0.4) is 0 Å². The fourth-order valence-corrected chi connectivity index (χ4v) is 3.16. The van der Waals surface area contributed by atoms with Gasteiger partial charge in [0.25, 0.3) is 0 Å². The van der Waals surface area contributed by atoms with E-state index in [0.29, 0.717) is 0 Å². The van der Waals surface area contributed by atoms with E-state index in [-0.39, 0.29) is 0 Å². The molecule has 2 aliphatic rings. The van der Waals surface area contributed by atoms with E-state index >= 15 is 0 Å². The molecule has 2 aliphatic heterocycles. The van der Waals surface area contributed by atoms with E-state index in [1.807, 2.05) is 0 Å². The molecule has 0 amide bonds. The number of piperidine rings is 1. The fourth-order valence-electron chi connectivity index (χ4n) is 3.16. The molecule has 2 nitrogen and oxygen atoms in total. The molecule has 0 radical (unpaired) electrons. The van der Waals surface area contributed by atoms with Gasteiger partial charge in [-0.25, -0.2) is 0 Å². The van der Waals surface area contributed by atoms with Gasteiger partial charge in [0.15, 0.2) is 0 Å². The van der Waals surface area contributed by atoms with Crippen LogP contribution < -0.4 is 5.32 Å². The Morgan fingerprint density at radius 1 is 1.20 bits per heavy atom. The van der Waals surface area contributed by atoms with E-state index in [1.54, 1.807) is 0 Å². The standard InChI is InChI=1S/C13H26N2/c1-2-6-13-8-3-4-10-15(13)11-12-7-5-9-14-12/h12-14H,2-11H2,1H3/t12-,13?/m0/s1. The summed E-state index contributed by atoms with van der Waals surface area (Å²) in [6, 6.07) is 1.69. The molecule has 2 rings (SSSR count). The zero-order valence-corrected chi connectivity index (χ0v) is 10.2. The second-order valence-electron chi connectivity index (χ2n) is 5.23. The first-order valence-electron chi connectivity index (χ1n) is 6.87. The van der Waals surface area contributed by atoms with Gasteiger partial charge in [0, 0.05) is 18.6 Å². The van der Waals surface area contributed by atoms with Gasteiger partial charge in [0.2, 0.25) is 0 Å². The summed E-state index contributed by atoms with van der Waals surface area (Å²) in [6.07, 6.45) is 9.87. The summed E-state index contributed by atoms with van der Waals surface area (Å²) < 4.78 is 0. The maximum Gasteiger partial charge on any atom is 0.0195 e. The first-order valence-corrected chi connectivity index (χ1v) is 6.87. The molecule has 2 saturated heterocycles. The third-order valence-corrected chi connectivity index (χ3v) is 3.99. The van der Waals surface area contributed by atoms with Crippen molar-refractivity contribution in [3.05, 3.63) is 0 Å². The van der Waals surface area contributed by atoms with Crippen LogP contribution in [0.2, 0.25) is 0 Å². The van der Waals surface area contributed by atoms with Crippen molar-refractivity contribution in [2.75, 3.05) is 19.6 Å². The molecule has 0 bridgehead atoms. The zero-order valence-electron chi connectivity index (χ0n) is 10.2. The highest BCUT2D eigenvalue weighted by Gasteiger charge is 2.25. The predicted molar refractivity (Wildman–Crippen MR) is 65.1 cm³/mol. The van der Waals surface area contributed by atoms with Crippen molar-refractivity contribution >= 4 is 0 Å². The van der Waals surface area contributed by atoms with E-state index in [0.717, 1.165) is 12.1 Å². The Morgan fingerprint density at radius 2 is 2.13 bits per heavy atom. The van der Waals surface area contributed by atoms with Gasteiger partial charge in [0.1, 0.15) is 0 Å². The van der Waals surface area contributed by atoms with Crippen molar-refractivity contribution < 1.29 is 0 Å². The Morgan fingerprint density at radius 3 is 2.87 bits per heavy atom. The van der Waals surface area contributed by atoms with Gasteiger partial charge in [-0.05, 0) is 45.2 Å². The van der Waals surface area contributed by atoms with E-state index in [9.17, 15) is 0 Å². The Balaban J connectivity index is 1.80. The number of nitrogens with one attached hydrogen (secondary N) is 1. The average Bonchev–Trinajstić information content (AvgIpc) is 2.74. The number of hydrogen-bond donors (Lipinski definition) is 1. The van der Waals surface area contributed by atoms with Crippen molar-refractivity contribution in [1.29, 1.82) is 0 Å². The summed E-state index contributed by atoms with van der Waals surface area (Å²) in [4.78, 5) is 2.76. The normalized spacial score (nSPS) is 33.4. The highest BCUT2D eigenvalue weighted by molar-refractivity contribution is 4.83. The van der Waals surface area contributed by atoms with Gasteiger partial charge in [0.05, 0.1) is 0 Å². The van der Waals surface area contributed by atoms with Gasteiger partial charge in [-0.3, -0.25) is 4.90 Å². The van der Waals surface area contributed by atoms with Crippen LogP contribution in [-0.2, 0) is 0 Å². The van der Waals surface area contributed by atoms with Crippen LogP contribution in [0.25, 0.3) is 0 Å². The maximum atomic E-state index is 3.62. The molecular formula is C13H26N2. The molecule has 0 aliphatic carbocycles. The minimum atomic E-state index is 0.794. The topological polar surface area (TPSA) is 15.3 Å². The van der Waals surface area contributed by atoms with E-state index in [4.69, 9.17) is 0 Å². The number of likely N-dealkylation sites (tertiary alicyclic amines) is 1. The molecule has 0 saturated carbocycles. The Hall–Kier alpha value is -0.0800. The molecule has 0 aromatic carbocycles. The van der Waals surface area contributed by atoms with Crippen LogP contribution >= 0.6 is 0 Å². The second-order valence-corrected chi connectivity index (χ2v) is 5.23. The van der Waals surface area contributed by atoms with E-state index in [2.05, 4.69) is 17.1 Å². The molecule has 15 heavy (non-hydrogen) atoms. The molecule has 1 unspecified atom stereocenters. The molecule has 2 heteroatoms. The van der Waals surface area contributed by atoms with Crippen LogP contribution in [-0.4, -0.2) is 36.6 Å². The van der Waals surface area contributed by atoms with Crippen molar-refractivity contribution in [2.45, 2.75) is 64.0 Å². The monoisotopic (exact) mass is 210 g/mol. The molecule has 2 heterocycles. The second kappa shape index (κ2) is 5.86. The molecule has 2 fully saturated rings. The third-order valence-electron chi connectivity index (χ3n) is 3.99. The number of nitrogens with zero attached hydrogens (tertiary/aromatic N) is 1. The predicted octanol–water partition coefficient (Wildman–Crippen LogP) is 2.39. The SMILES string of the molecule is CCCC1CCCCN1C[C@@H]1CCCN1. The zero-order chi connectivity index (χ0) is 10.5. The minimum absolute atomic E-state index is 0.794. The van der Waals surface area contributed by atoms with E-state index in [1.165, 1.54) is 64.6 Å². The van der Waals surface area contributed by atoms with Crippen LogP contribution in [0.15, 0.2) is 0 Å². The smallest absolute Gasteiger partial charge is 0.0195 e. The summed E-state index contributed by atoms with van der Waals surface area (Å²) >= 11 is 0. The lowest BCUT2D eigenvalue weighted by Crippen LogP contribution is -2.45. The highest BCUT2D eigenvalue weighted by atomic mass is 15.2. The lowest BCUT2D eigenvalue weighted by atomic mass is 9.97. The molecule has 0 aromatic rings. The molecule has 0 aromatic heterocycles. The first-order chi connectivity index (χ1) is 7.40. The van der Waals surface area contributed by atoms with Gasteiger partial charge in [-0.1, -0.05) is 19.8 Å². The van der Waals surface area contributed by atoms with Crippen LogP contribution in [0.5, 0.6) is 0 Å². The summed E-state index contributed by atoms with van der Waals surface area (Å²) in [6.45, 7) is 6.23. The molecular weight excluding hydrogens is 184 g/mol. The van der Waals surface area contributed by atoms with Crippen LogP contribution in [0.1, 0.15) is 51.9 Å². The largest absolute Gasteiger partial charge is 0.313 e. The Bertz CT molecular complexity index is 173. The lowest BCUT2D eigenvalue weighted by Gasteiger charge is -2.37. The summed E-state index contributed by atoms with van der Waals surface area (Å²) in [5.74, 6) is 0. The summed E-state index contributed by atoms with van der Waals surface area (Å²) in [5, 5.41) is 3.62.